The van der Waals surface area contributed by atoms with Crippen molar-refractivity contribution < 1.29 is 35.5 Å². The van der Waals surface area contributed by atoms with Gasteiger partial charge in [-0.3, -0.25) is 13.9 Å². The minimum atomic E-state index is -4.98. The van der Waals surface area contributed by atoms with Crippen LogP contribution in [0.1, 0.15) is 26.2 Å². The van der Waals surface area contributed by atoms with Crippen LogP contribution in [0.4, 0.5) is 0 Å². The van der Waals surface area contributed by atoms with E-state index in [0.29, 0.717) is 12.8 Å². The first-order valence-electron chi connectivity index (χ1n) is 6.32. The van der Waals surface area contributed by atoms with Gasteiger partial charge in [0.1, 0.15) is 10.6 Å². The lowest BCUT2D eigenvalue weighted by atomic mass is 10.2. The van der Waals surface area contributed by atoms with Gasteiger partial charge in [-0.25, -0.2) is 0 Å². The van der Waals surface area contributed by atoms with E-state index in [0.717, 1.165) is 6.07 Å². The van der Waals surface area contributed by atoms with Gasteiger partial charge in [0, 0.05) is 0 Å². The standard InChI is InChI=1S/C12H16O8S2/c1-2-3-6-10(12(13)22(17,18)19)20-9-7-4-5-8-11(9)21(14,15)16/h4-5,7-8,10H,2-3,6H2,1H3,(H,14,15,16)(H,17,18,19). The lowest BCUT2D eigenvalue weighted by Crippen LogP contribution is -2.33. The number of ether oxygens (including phenoxy) is 1. The lowest BCUT2D eigenvalue weighted by Gasteiger charge is -2.17. The molecule has 8 nitrogen and oxygen atoms in total. The number of hydrogen-bond acceptors (Lipinski definition) is 6. The van der Waals surface area contributed by atoms with Crippen LogP contribution in [0.25, 0.3) is 0 Å². The van der Waals surface area contributed by atoms with Gasteiger partial charge in [0.15, 0.2) is 6.10 Å². The van der Waals surface area contributed by atoms with E-state index in [2.05, 4.69) is 0 Å². The summed E-state index contributed by atoms with van der Waals surface area (Å²) in [6.07, 6.45) is -0.564. The molecule has 2 N–H and O–H groups in total. The molecule has 1 unspecified atom stereocenters. The number of para-hydroxylation sites is 1. The van der Waals surface area contributed by atoms with Gasteiger partial charge in [-0.1, -0.05) is 25.5 Å². The maximum Gasteiger partial charge on any atom is 0.332 e. The van der Waals surface area contributed by atoms with Crippen molar-refractivity contribution in [3.63, 3.8) is 0 Å². The first kappa shape index (κ1) is 18.6. The van der Waals surface area contributed by atoms with Crippen molar-refractivity contribution in [2.75, 3.05) is 0 Å². The summed E-state index contributed by atoms with van der Waals surface area (Å²) in [6.45, 7) is 1.79. The van der Waals surface area contributed by atoms with E-state index in [1.165, 1.54) is 18.2 Å². The molecule has 0 saturated heterocycles. The molecule has 0 aliphatic rings. The molecule has 0 saturated carbocycles. The Morgan fingerprint density at radius 3 is 2.27 bits per heavy atom. The Morgan fingerprint density at radius 2 is 1.77 bits per heavy atom. The zero-order valence-electron chi connectivity index (χ0n) is 11.7. The monoisotopic (exact) mass is 352 g/mol. The van der Waals surface area contributed by atoms with Crippen LogP contribution in [-0.2, 0) is 25.0 Å². The van der Waals surface area contributed by atoms with Gasteiger partial charge in [0.25, 0.3) is 10.1 Å². The first-order valence-corrected chi connectivity index (χ1v) is 9.20. The van der Waals surface area contributed by atoms with Crippen LogP contribution in [0.3, 0.4) is 0 Å². The summed E-state index contributed by atoms with van der Waals surface area (Å²) >= 11 is 0. The number of rotatable bonds is 7. The van der Waals surface area contributed by atoms with Crippen LogP contribution in [-0.4, -0.2) is 37.2 Å². The molecule has 1 aromatic carbocycles. The third-order valence-electron chi connectivity index (χ3n) is 2.73. The summed E-state index contributed by atoms with van der Waals surface area (Å²) in [4.78, 5) is 11.1. The van der Waals surface area contributed by atoms with E-state index >= 15 is 0 Å². The quantitative estimate of drug-likeness (QED) is 0.701. The third kappa shape index (κ3) is 5.05. The van der Waals surface area contributed by atoms with Crippen LogP contribution in [0.5, 0.6) is 5.75 Å². The van der Waals surface area contributed by atoms with Crippen LogP contribution < -0.4 is 4.74 Å². The average molecular weight is 352 g/mol. The Kier molecular flexibility index (Phi) is 6.06. The molecule has 0 radical (unpaired) electrons. The van der Waals surface area contributed by atoms with Crippen LogP contribution >= 0.6 is 0 Å². The minimum absolute atomic E-state index is 0.0328. The highest BCUT2D eigenvalue weighted by Crippen LogP contribution is 2.25. The zero-order valence-corrected chi connectivity index (χ0v) is 13.3. The first-order chi connectivity index (χ1) is 10.1. The predicted octanol–water partition coefficient (Wildman–Crippen LogP) is 1.29. The second kappa shape index (κ2) is 7.18. The lowest BCUT2D eigenvalue weighted by molar-refractivity contribution is -0.118. The van der Waals surface area contributed by atoms with Crippen LogP contribution in [0, 0.1) is 0 Å². The largest absolute Gasteiger partial charge is 0.480 e. The molecule has 0 aliphatic heterocycles. The number of carbonyl (C=O) groups excluding carboxylic acids is 1. The summed E-state index contributed by atoms with van der Waals surface area (Å²) in [6, 6.07) is 4.92. The summed E-state index contributed by atoms with van der Waals surface area (Å²) in [7, 11) is -9.59. The van der Waals surface area contributed by atoms with Crippen molar-refractivity contribution in [1.82, 2.24) is 0 Å². The van der Waals surface area contributed by atoms with E-state index < -0.39 is 36.4 Å². The molecule has 124 valence electrons. The molecule has 0 amide bonds. The van der Waals surface area contributed by atoms with Crippen LogP contribution in [0.2, 0.25) is 0 Å². The van der Waals surface area contributed by atoms with E-state index in [1.54, 1.807) is 6.92 Å². The molecule has 0 bridgehead atoms. The van der Waals surface area contributed by atoms with Gasteiger partial charge >= 0.3 is 15.2 Å². The molecular formula is C12H16O8S2. The van der Waals surface area contributed by atoms with Crippen molar-refractivity contribution in [3.05, 3.63) is 24.3 Å². The second-order valence-electron chi connectivity index (χ2n) is 4.46. The molecule has 22 heavy (non-hydrogen) atoms. The van der Waals surface area contributed by atoms with Gasteiger partial charge in [0.2, 0.25) is 0 Å². The Morgan fingerprint density at radius 1 is 1.18 bits per heavy atom. The summed E-state index contributed by atoms with van der Waals surface area (Å²) in [5, 5.41) is -1.56. The highest BCUT2D eigenvalue weighted by Gasteiger charge is 2.32. The fourth-order valence-electron chi connectivity index (χ4n) is 1.69. The fourth-order valence-corrected chi connectivity index (χ4v) is 2.81. The normalized spacial score (nSPS) is 13.6. The molecule has 1 atom stereocenters. The van der Waals surface area contributed by atoms with E-state index in [1.807, 2.05) is 0 Å². The minimum Gasteiger partial charge on any atom is -0.480 e. The molecule has 0 aromatic heterocycles. The number of hydrogen-bond donors (Lipinski definition) is 2. The van der Waals surface area contributed by atoms with Crippen molar-refractivity contribution in [2.45, 2.75) is 37.2 Å². The van der Waals surface area contributed by atoms with Gasteiger partial charge < -0.3 is 4.74 Å². The summed E-state index contributed by atoms with van der Waals surface area (Å²) < 4.78 is 67.5. The SMILES string of the molecule is CCCCC(Oc1ccccc1S(=O)(=O)O)C(=O)S(=O)(=O)O. The third-order valence-corrected chi connectivity index (χ3v) is 4.40. The number of benzene rings is 1. The maximum absolute atomic E-state index is 11.7. The van der Waals surface area contributed by atoms with Crippen LogP contribution in [0.15, 0.2) is 29.2 Å². The molecule has 0 heterocycles. The molecule has 0 aliphatic carbocycles. The molecule has 1 rings (SSSR count). The van der Waals surface area contributed by atoms with E-state index in [9.17, 15) is 21.6 Å². The summed E-state index contributed by atoms with van der Waals surface area (Å²) in [5.41, 5.74) is 0. The Labute approximate surface area is 128 Å². The average Bonchev–Trinajstić information content (AvgIpc) is 2.41. The van der Waals surface area contributed by atoms with Gasteiger partial charge in [-0.15, -0.1) is 0 Å². The molecular weight excluding hydrogens is 336 g/mol. The molecule has 1 aromatic rings. The number of carbonyl (C=O) groups is 1. The van der Waals surface area contributed by atoms with E-state index in [4.69, 9.17) is 13.8 Å². The van der Waals surface area contributed by atoms with Gasteiger partial charge in [-0.05, 0) is 25.0 Å². The molecule has 0 fully saturated rings. The molecule has 10 heteroatoms. The van der Waals surface area contributed by atoms with Crippen molar-refractivity contribution in [3.8, 4) is 5.75 Å². The highest BCUT2D eigenvalue weighted by atomic mass is 32.2. The van der Waals surface area contributed by atoms with Crippen molar-refractivity contribution in [1.29, 1.82) is 0 Å². The highest BCUT2D eigenvalue weighted by molar-refractivity contribution is 8.01. The van der Waals surface area contributed by atoms with E-state index in [-0.39, 0.29) is 12.2 Å². The van der Waals surface area contributed by atoms with Crippen molar-refractivity contribution >= 4 is 25.4 Å². The topological polar surface area (TPSA) is 135 Å². The Bertz CT molecular complexity index is 736. The predicted molar refractivity (Wildman–Crippen MR) is 76.8 cm³/mol. The zero-order chi connectivity index (χ0) is 17.0. The smallest absolute Gasteiger partial charge is 0.332 e. The Hall–Kier alpha value is -1.49. The Balaban J connectivity index is 3.18. The van der Waals surface area contributed by atoms with Gasteiger partial charge in [-0.2, -0.15) is 16.8 Å². The number of unbranched alkanes of at least 4 members (excludes halogenated alkanes) is 1. The van der Waals surface area contributed by atoms with Gasteiger partial charge in [0.05, 0.1) is 0 Å². The van der Waals surface area contributed by atoms with Crippen molar-refractivity contribution in [2.24, 2.45) is 0 Å². The maximum atomic E-state index is 11.7. The molecule has 0 spiro atoms. The summed E-state index contributed by atoms with van der Waals surface area (Å²) in [5.74, 6) is -0.372. The second-order valence-corrected chi connectivity index (χ2v) is 7.21. The fraction of sp³-hybridized carbons (Fsp3) is 0.417.